The van der Waals surface area contributed by atoms with E-state index in [1.54, 1.807) is 6.07 Å². The first kappa shape index (κ1) is 16.5. The minimum atomic E-state index is 0.0108. The Morgan fingerprint density at radius 2 is 2.09 bits per heavy atom. The molecule has 128 valence electrons. The summed E-state index contributed by atoms with van der Waals surface area (Å²) in [4.78, 5) is 15.0. The Labute approximate surface area is 138 Å². The van der Waals surface area contributed by atoms with E-state index in [0.29, 0.717) is 18.3 Å². The highest BCUT2D eigenvalue weighted by molar-refractivity contribution is 5.17. The second-order valence-electron chi connectivity index (χ2n) is 6.79. The highest BCUT2D eigenvalue weighted by Gasteiger charge is 2.15. The summed E-state index contributed by atoms with van der Waals surface area (Å²) in [6.07, 6.45) is 8.19. The minimum Gasteiger partial charge on any atom is -0.487 e. The van der Waals surface area contributed by atoms with E-state index in [4.69, 9.17) is 4.74 Å². The fraction of sp³-hybridized carbons (Fsp3) is 0.722. The molecule has 2 aliphatic rings. The van der Waals surface area contributed by atoms with Crippen LogP contribution in [0.25, 0.3) is 0 Å². The van der Waals surface area contributed by atoms with Crippen molar-refractivity contribution in [1.82, 2.24) is 14.8 Å². The summed E-state index contributed by atoms with van der Waals surface area (Å²) in [5.74, 6) is 1.04. The van der Waals surface area contributed by atoms with Gasteiger partial charge in [0.15, 0.2) is 5.75 Å². The number of pyridine rings is 1. The topological polar surface area (TPSA) is 46.5 Å². The van der Waals surface area contributed by atoms with Gasteiger partial charge < -0.3 is 14.6 Å². The van der Waals surface area contributed by atoms with E-state index < -0.39 is 0 Å². The van der Waals surface area contributed by atoms with Crippen molar-refractivity contribution >= 4 is 0 Å². The first-order chi connectivity index (χ1) is 11.3. The van der Waals surface area contributed by atoms with Gasteiger partial charge in [0, 0.05) is 19.3 Å². The van der Waals surface area contributed by atoms with Crippen LogP contribution < -0.4 is 15.6 Å². The quantitative estimate of drug-likeness (QED) is 0.867. The van der Waals surface area contributed by atoms with Crippen molar-refractivity contribution in [3.63, 3.8) is 0 Å². The predicted molar refractivity (Wildman–Crippen MR) is 92.1 cm³/mol. The van der Waals surface area contributed by atoms with E-state index in [1.165, 1.54) is 32.1 Å². The van der Waals surface area contributed by atoms with Crippen molar-refractivity contribution < 1.29 is 4.74 Å². The molecule has 1 unspecified atom stereocenters. The van der Waals surface area contributed by atoms with Gasteiger partial charge in [-0.2, -0.15) is 0 Å². The summed E-state index contributed by atoms with van der Waals surface area (Å²) in [7, 11) is 0. The van der Waals surface area contributed by atoms with E-state index in [0.717, 1.165) is 39.3 Å². The maximum absolute atomic E-state index is 12.5. The lowest BCUT2D eigenvalue weighted by molar-refractivity contribution is 0.181. The van der Waals surface area contributed by atoms with Gasteiger partial charge in [0.1, 0.15) is 6.61 Å². The largest absolute Gasteiger partial charge is 0.487 e. The zero-order valence-electron chi connectivity index (χ0n) is 14.0. The number of piperidine rings is 2. The van der Waals surface area contributed by atoms with Crippen LogP contribution in [0.3, 0.4) is 0 Å². The van der Waals surface area contributed by atoms with Crippen LogP contribution in [0.15, 0.2) is 23.1 Å². The van der Waals surface area contributed by atoms with Crippen LogP contribution in [0.4, 0.5) is 0 Å². The Morgan fingerprint density at radius 3 is 2.87 bits per heavy atom. The van der Waals surface area contributed by atoms with Gasteiger partial charge in [0.2, 0.25) is 0 Å². The van der Waals surface area contributed by atoms with E-state index in [9.17, 15) is 4.79 Å². The van der Waals surface area contributed by atoms with Gasteiger partial charge in [-0.05, 0) is 69.9 Å². The molecule has 3 heterocycles. The van der Waals surface area contributed by atoms with Crippen LogP contribution in [-0.4, -0.2) is 48.8 Å². The summed E-state index contributed by atoms with van der Waals surface area (Å²) < 4.78 is 7.59. The Hall–Kier alpha value is -1.33. The van der Waals surface area contributed by atoms with Gasteiger partial charge in [-0.1, -0.05) is 6.42 Å². The second-order valence-corrected chi connectivity index (χ2v) is 6.79. The van der Waals surface area contributed by atoms with Gasteiger partial charge >= 0.3 is 0 Å². The fourth-order valence-electron chi connectivity index (χ4n) is 3.59. The molecule has 2 aliphatic heterocycles. The van der Waals surface area contributed by atoms with Gasteiger partial charge in [0.05, 0.1) is 0 Å². The molecule has 5 heteroatoms. The highest BCUT2D eigenvalue weighted by atomic mass is 16.5. The zero-order chi connectivity index (χ0) is 15.9. The number of rotatable bonds is 6. The van der Waals surface area contributed by atoms with Crippen LogP contribution in [0, 0.1) is 5.92 Å². The highest BCUT2D eigenvalue weighted by Crippen LogP contribution is 2.13. The van der Waals surface area contributed by atoms with Gasteiger partial charge in [-0.15, -0.1) is 0 Å². The molecule has 0 bridgehead atoms. The lowest BCUT2D eigenvalue weighted by Gasteiger charge is -2.26. The number of ether oxygens (including phenoxy) is 1. The standard InChI is InChI=1S/C18H29N3O2/c22-18-17(23-13-12-20-9-2-1-3-10-20)7-5-11-21(18)15-16-6-4-8-19-14-16/h5,7,11,16,19H,1-4,6,8-10,12-15H2. The van der Waals surface area contributed by atoms with Crippen LogP contribution in [0.5, 0.6) is 5.75 Å². The van der Waals surface area contributed by atoms with Crippen molar-refractivity contribution in [3.8, 4) is 5.75 Å². The summed E-state index contributed by atoms with van der Waals surface area (Å²) in [6, 6.07) is 3.72. The lowest BCUT2D eigenvalue weighted by Crippen LogP contribution is -2.35. The molecular weight excluding hydrogens is 290 g/mol. The van der Waals surface area contributed by atoms with Crippen molar-refractivity contribution in [1.29, 1.82) is 0 Å². The summed E-state index contributed by atoms with van der Waals surface area (Å²) in [6.45, 7) is 6.74. The number of hydrogen-bond donors (Lipinski definition) is 1. The normalized spacial score (nSPS) is 22.9. The number of hydrogen-bond acceptors (Lipinski definition) is 4. The number of nitrogens with one attached hydrogen (secondary N) is 1. The predicted octanol–water partition coefficient (Wildman–Crippen LogP) is 1.71. The van der Waals surface area contributed by atoms with E-state index in [-0.39, 0.29) is 5.56 Å². The first-order valence-corrected chi connectivity index (χ1v) is 9.08. The van der Waals surface area contributed by atoms with E-state index in [1.807, 2.05) is 16.8 Å². The summed E-state index contributed by atoms with van der Waals surface area (Å²) in [5, 5.41) is 3.41. The summed E-state index contributed by atoms with van der Waals surface area (Å²) in [5.41, 5.74) is 0.0108. The molecule has 3 rings (SSSR count). The minimum absolute atomic E-state index is 0.0108. The lowest BCUT2D eigenvalue weighted by atomic mass is 10.00. The van der Waals surface area contributed by atoms with Crippen molar-refractivity contribution in [2.75, 3.05) is 39.3 Å². The molecule has 5 nitrogen and oxygen atoms in total. The molecule has 0 aromatic carbocycles. The first-order valence-electron chi connectivity index (χ1n) is 9.08. The molecule has 23 heavy (non-hydrogen) atoms. The molecule has 1 aromatic rings. The number of aromatic nitrogens is 1. The Balaban J connectivity index is 1.52. The smallest absolute Gasteiger partial charge is 0.292 e. The van der Waals surface area contributed by atoms with Gasteiger partial charge in [-0.25, -0.2) is 0 Å². The third-order valence-corrected chi connectivity index (χ3v) is 4.95. The van der Waals surface area contributed by atoms with Crippen LogP contribution in [0.2, 0.25) is 0 Å². The van der Waals surface area contributed by atoms with E-state index in [2.05, 4.69) is 10.2 Å². The molecular formula is C18H29N3O2. The molecule has 2 fully saturated rings. The van der Waals surface area contributed by atoms with Crippen LogP contribution >= 0.6 is 0 Å². The van der Waals surface area contributed by atoms with Crippen molar-refractivity contribution in [2.45, 2.75) is 38.6 Å². The Morgan fingerprint density at radius 1 is 1.22 bits per heavy atom. The monoisotopic (exact) mass is 319 g/mol. The van der Waals surface area contributed by atoms with Gasteiger partial charge in [0.25, 0.3) is 5.56 Å². The molecule has 2 saturated heterocycles. The van der Waals surface area contributed by atoms with Crippen LogP contribution in [-0.2, 0) is 6.54 Å². The Kier molecular flexibility index (Phi) is 6.11. The fourth-order valence-corrected chi connectivity index (χ4v) is 3.59. The third kappa shape index (κ3) is 4.82. The molecule has 0 radical (unpaired) electrons. The van der Waals surface area contributed by atoms with Crippen LogP contribution in [0.1, 0.15) is 32.1 Å². The number of nitrogens with zero attached hydrogens (tertiary/aromatic N) is 2. The zero-order valence-corrected chi connectivity index (χ0v) is 14.0. The molecule has 1 aromatic heterocycles. The van der Waals surface area contributed by atoms with Crippen molar-refractivity contribution in [3.05, 3.63) is 28.7 Å². The molecule has 0 aliphatic carbocycles. The maximum atomic E-state index is 12.5. The average Bonchev–Trinajstić information content (AvgIpc) is 2.60. The van der Waals surface area contributed by atoms with E-state index >= 15 is 0 Å². The average molecular weight is 319 g/mol. The molecule has 0 spiro atoms. The molecule has 1 N–H and O–H groups in total. The Bertz CT molecular complexity index is 531. The maximum Gasteiger partial charge on any atom is 0.292 e. The van der Waals surface area contributed by atoms with Gasteiger partial charge in [-0.3, -0.25) is 9.69 Å². The van der Waals surface area contributed by atoms with Crippen molar-refractivity contribution in [2.24, 2.45) is 5.92 Å². The summed E-state index contributed by atoms with van der Waals surface area (Å²) >= 11 is 0. The second kappa shape index (κ2) is 8.50. The molecule has 0 saturated carbocycles. The number of likely N-dealkylation sites (tertiary alicyclic amines) is 1. The SMILES string of the molecule is O=c1c(OCCN2CCCCC2)cccn1CC1CCCNC1. The molecule has 1 atom stereocenters. The third-order valence-electron chi connectivity index (χ3n) is 4.95. The molecule has 0 amide bonds.